The second-order valence-electron chi connectivity index (χ2n) is 5.30. The van der Waals surface area contributed by atoms with Crippen molar-refractivity contribution in [1.82, 2.24) is 20.5 Å². The third kappa shape index (κ3) is 3.44. The van der Waals surface area contributed by atoms with Gasteiger partial charge < -0.3 is 16.2 Å². The number of H-pyrrole nitrogens is 1. The Hall–Kier alpha value is -1.63. The van der Waals surface area contributed by atoms with Gasteiger partial charge in [-0.1, -0.05) is 13.3 Å². The fraction of sp³-hybridized carbons (Fsp3) is 0.750. The van der Waals surface area contributed by atoms with Gasteiger partial charge >= 0.3 is 0 Å². The fourth-order valence-electron chi connectivity index (χ4n) is 2.50. The van der Waals surface area contributed by atoms with E-state index < -0.39 is 11.5 Å². The summed E-state index contributed by atoms with van der Waals surface area (Å²) in [6.45, 7) is 2.41. The van der Waals surface area contributed by atoms with Crippen LogP contribution in [0.4, 0.5) is 5.95 Å². The van der Waals surface area contributed by atoms with Gasteiger partial charge in [-0.05, 0) is 31.6 Å². The molecule has 1 amide bonds. The minimum atomic E-state index is -0.799. The normalized spacial score (nSPS) is 27.2. The van der Waals surface area contributed by atoms with Gasteiger partial charge in [0.2, 0.25) is 11.8 Å². The van der Waals surface area contributed by atoms with E-state index in [1.807, 2.05) is 0 Å². The Morgan fingerprint density at radius 3 is 2.79 bits per heavy atom. The number of hydrogen-bond acceptors (Lipinski definition) is 5. The van der Waals surface area contributed by atoms with Gasteiger partial charge in [0.1, 0.15) is 0 Å². The lowest BCUT2D eigenvalue weighted by atomic mass is 9.78. The smallest absolute Gasteiger partial charge is 0.288 e. The first kappa shape index (κ1) is 13.8. The molecule has 1 aromatic heterocycles. The van der Waals surface area contributed by atoms with E-state index in [1.54, 1.807) is 0 Å². The van der Waals surface area contributed by atoms with Crippen LogP contribution < -0.4 is 11.1 Å². The molecule has 0 radical (unpaired) electrons. The number of nitrogens with zero attached hydrogens (tertiary/aromatic N) is 2. The summed E-state index contributed by atoms with van der Waals surface area (Å²) in [4.78, 5) is 15.5. The largest absolute Gasteiger partial charge is 0.388 e. The lowest BCUT2D eigenvalue weighted by Crippen LogP contribution is -2.45. The van der Waals surface area contributed by atoms with E-state index in [1.165, 1.54) is 0 Å². The molecule has 7 heteroatoms. The number of aromatic amines is 1. The second-order valence-corrected chi connectivity index (χ2v) is 5.30. The first-order valence-electron chi connectivity index (χ1n) is 6.71. The van der Waals surface area contributed by atoms with Crippen LogP contribution in [-0.4, -0.2) is 38.3 Å². The Labute approximate surface area is 112 Å². The van der Waals surface area contributed by atoms with Crippen LogP contribution in [0.3, 0.4) is 0 Å². The minimum Gasteiger partial charge on any atom is -0.388 e. The molecule has 0 atom stereocenters. The van der Waals surface area contributed by atoms with Crippen molar-refractivity contribution in [3.63, 3.8) is 0 Å². The van der Waals surface area contributed by atoms with E-state index in [2.05, 4.69) is 27.4 Å². The molecule has 0 aromatic carbocycles. The van der Waals surface area contributed by atoms with Crippen LogP contribution >= 0.6 is 0 Å². The van der Waals surface area contributed by atoms with Gasteiger partial charge in [-0.2, -0.15) is 4.98 Å². The summed E-state index contributed by atoms with van der Waals surface area (Å²) < 4.78 is 0. The molecule has 0 bridgehead atoms. The Morgan fingerprint density at radius 2 is 2.26 bits per heavy atom. The van der Waals surface area contributed by atoms with E-state index in [0.717, 1.165) is 32.1 Å². The first-order valence-corrected chi connectivity index (χ1v) is 6.71. The molecule has 0 saturated heterocycles. The van der Waals surface area contributed by atoms with Crippen molar-refractivity contribution in [2.75, 3.05) is 12.3 Å². The zero-order valence-electron chi connectivity index (χ0n) is 11.1. The topological polar surface area (TPSA) is 117 Å². The summed E-state index contributed by atoms with van der Waals surface area (Å²) in [5.74, 6) is 0.413. The molecule has 0 spiro atoms. The maximum absolute atomic E-state index is 11.8. The highest BCUT2D eigenvalue weighted by atomic mass is 16.3. The average molecular weight is 267 g/mol. The van der Waals surface area contributed by atoms with Crippen LogP contribution in [0.15, 0.2) is 0 Å². The first-order chi connectivity index (χ1) is 9.02. The lowest BCUT2D eigenvalue weighted by Gasteiger charge is -2.35. The molecule has 1 heterocycles. The molecule has 1 aliphatic rings. The van der Waals surface area contributed by atoms with Crippen molar-refractivity contribution in [3.05, 3.63) is 5.82 Å². The molecule has 1 aromatic rings. The Bertz CT molecular complexity index is 437. The van der Waals surface area contributed by atoms with Gasteiger partial charge in [0, 0.05) is 6.54 Å². The summed E-state index contributed by atoms with van der Waals surface area (Å²) in [6.07, 6.45) is 4.63. The number of nitrogen functional groups attached to an aromatic ring is 1. The van der Waals surface area contributed by atoms with Crippen LogP contribution in [0, 0.1) is 5.92 Å². The van der Waals surface area contributed by atoms with Crippen molar-refractivity contribution in [3.8, 4) is 0 Å². The highest BCUT2D eigenvalue weighted by Crippen LogP contribution is 2.33. The van der Waals surface area contributed by atoms with E-state index in [4.69, 9.17) is 5.73 Å². The summed E-state index contributed by atoms with van der Waals surface area (Å²) in [7, 11) is 0. The Morgan fingerprint density at radius 1 is 1.58 bits per heavy atom. The molecule has 7 nitrogen and oxygen atoms in total. The monoisotopic (exact) mass is 267 g/mol. The summed E-state index contributed by atoms with van der Waals surface area (Å²) in [5, 5.41) is 19.1. The number of carbonyl (C=O) groups is 1. The molecular weight excluding hydrogens is 246 g/mol. The van der Waals surface area contributed by atoms with Gasteiger partial charge in [0.05, 0.1) is 5.60 Å². The second kappa shape index (κ2) is 5.56. The predicted molar refractivity (Wildman–Crippen MR) is 70.3 cm³/mol. The lowest BCUT2D eigenvalue weighted by molar-refractivity contribution is -0.00793. The van der Waals surface area contributed by atoms with Crippen molar-refractivity contribution >= 4 is 11.9 Å². The van der Waals surface area contributed by atoms with Crippen molar-refractivity contribution in [2.45, 2.75) is 44.6 Å². The Balaban J connectivity index is 1.83. The molecular formula is C12H21N5O2. The van der Waals surface area contributed by atoms with Crippen LogP contribution in [-0.2, 0) is 0 Å². The van der Waals surface area contributed by atoms with Gasteiger partial charge in [-0.25, -0.2) is 0 Å². The number of aromatic nitrogens is 3. The quantitative estimate of drug-likeness (QED) is 0.632. The van der Waals surface area contributed by atoms with Gasteiger partial charge in [-0.15, -0.1) is 5.10 Å². The summed E-state index contributed by atoms with van der Waals surface area (Å²) in [6, 6.07) is 0. The molecule has 19 heavy (non-hydrogen) atoms. The van der Waals surface area contributed by atoms with Crippen molar-refractivity contribution in [1.29, 1.82) is 0 Å². The number of amides is 1. The highest BCUT2D eigenvalue weighted by molar-refractivity contribution is 5.90. The standard InChI is InChI=1S/C12H21N5O2/c1-2-8-3-5-12(19,6-4-8)7-14-10(18)9-15-11(13)17-16-9/h8,19H,2-7H2,1H3,(H,14,18)(H3,13,15,16,17). The number of nitrogens with two attached hydrogens (primary N) is 1. The molecule has 1 aliphatic carbocycles. The zero-order valence-corrected chi connectivity index (χ0v) is 11.1. The number of nitrogens with one attached hydrogen (secondary N) is 2. The maximum Gasteiger partial charge on any atom is 0.288 e. The van der Waals surface area contributed by atoms with Crippen LogP contribution in [0.2, 0.25) is 0 Å². The average Bonchev–Trinajstić information content (AvgIpc) is 2.84. The molecule has 0 unspecified atom stereocenters. The van der Waals surface area contributed by atoms with Crippen LogP contribution in [0.1, 0.15) is 49.6 Å². The third-order valence-electron chi connectivity index (χ3n) is 3.91. The van der Waals surface area contributed by atoms with Gasteiger partial charge in [0.15, 0.2) is 0 Å². The van der Waals surface area contributed by atoms with Gasteiger partial charge in [-0.3, -0.25) is 9.89 Å². The van der Waals surface area contributed by atoms with Gasteiger partial charge in [0.25, 0.3) is 5.91 Å². The van der Waals surface area contributed by atoms with E-state index in [9.17, 15) is 9.90 Å². The Kier molecular flexibility index (Phi) is 4.04. The van der Waals surface area contributed by atoms with E-state index >= 15 is 0 Å². The van der Waals surface area contributed by atoms with Crippen LogP contribution in [0.5, 0.6) is 0 Å². The minimum absolute atomic E-state index is 0.0346. The molecule has 0 aliphatic heterocycles. The summed E-state index contributed by atoms with van der Waals surface area (Å²) >= 11 is 0. The number of rotatable bonds is 4. The number of anilines is 1. The predicted octanol–water partition coefficient (Wildman–Crippen LogP) is 0.448. The SMILES string of the molecule is CCC1CCC(O)(CNC(=O)c2nc(N)n[nH]2)CC1. The number of aliphatic hydroxyl groups is 1. The zero-order chi connectivity index (χ0) is 13.9. The molecule has 5 N–H and O–H groups in total. The molecule has 1 saturated carbocycles. The molecule has 1 fully saturated rings. The third-order valence-corrected chi connectivity index (χ3v) is 3.91. The highest BCUT2D eigenvalue weighted by Gasteiger charge is 2.33. The van der Waals surface area contributed by atoms with Crippen molar-refractivity contribution < 1.29 is 9.90 Å². The molecule has 106 valence electrons. The van der Waals surface area contributed by atoms with E-state index in [-0.39, 0.29) is 18.3 Å². The summed E-state index contributed by atoms with van der Waals surface area (Å²) in [5.41, 5.74) is 4.53. The fourth-order valence-corrected chi connectivity index (χ4v) is 2.50. The maximum atomic E-state index is 11.8. The van der Waals surface area contributed by atoms with Crippen molar-refractivity contribution in [2.24, 2.45) is 5.92 Å². The number of carbonyl (C=O) groups excluding carboxylic acids is 1. The number of hydrogen-bond donors (Lipinski definition) is 4. The van der Waals surface area contributed by atoms with E-state index in [0.29, 0.717) is 5.92 Å². The molecule has 2 rings (SSSR count). The van der Waals surface area contributed by atoms with Crippen LogP contribution in [0.25, 0.3) is 0 Å².